The predicted molar refractivity (Wildman–Crippen MR) is 126 cm³/mol. The largest absolute Gasteiger partial charge is 0.468 e. The van der Waals surface area contributed by atoms with Crippen LogP contribution < -0.4 is 5.32 Å². The van der Waals surface area contributed by atoms with Gasteiger partial charge in [-0.2, -0.15) is 0 Å². The highest BCUT2D eigenvalue weighted by molar-refractivity contribution is 7.99. The van der Waals surface area contributed by atoms with Crippen LogP contribution in [0, 0.1) is 5.82 Å². The van der Waals surface area contributed by atoms with E-state index in [1.165, 1.54) is 23.9 Å². The van der Waals surface area contributed by atoms with Crippen LogP contribution in [-0.4, -0.2) is 52.0 Å². The summed E-state index contributed by atoms with van der Waals surface area (Å²) < 4.78 is 20.8. The Bertz CT molecular complexity index is 1180. The molecule has 4 rings (SSSR count). The number of benzene rings is 2. The van der Waals surface area contributed by atoms with Gasteiger partial charge < -0.3 is 9.73 Å². The fourth-order valence-electron chi connectivity index (χ4n) is 3.37. The Morgan fingerprint density at radius 2 is 1.85 bits per heavy atom. The Hall–Kier alpha value is -3.43. The topological polar surface area (TPSA) is 76.2 Å². The van der Waals surface area contributed by atoms with Gasteiger partial charge in [0.15, 0.2) is 11.0 Å². The molecule has 0 spiro atoms. The van der Waals surface area contributed by atoms with Gasteiger partial charge in [-0.1, -0.05) is 30.0 Å². The SMILES string of the molecule is CN(C)C(CNC(=O)CSc1nnc(-c2ccc(F)cc2)n1-c1ccccc1)c1ccco1. The van der Waals surface area contributed by atoms with Crippen molar-refractivity contribution in [2.75, 3.05) is 26.4 Å². The standard InChI is InChI=1S/C24H24FN5O2S/c1-29(2)20(21-9-6-14-32-21)15-26-22(31)16-33-24-28-27-23(17-10-12-18(25)13-11-17)30(24)19-7-4-3-5-8-19/h3-14,20H,15-16H2,1-2H3,(H,26,31). The van der Waals surface area contributed by atoms with Crippen LogP contribution >= 0.6 is 11.8 Å². The Balaban J connectivity index is 1.49. The first-order valence-electron chi connectivity index (χ1n) is 10.4. The van der Waals surface area contributed by atoms with Crippen molar-refractivity contribution in [3.63, 3.8) is 0 Å². The van der Waals surface area contributed by atoms with Crippen LogP contribution in [0.1, 0.15) is 11.8 Å². The third kappa shape index (κ3) is 5.50. The highest BCUT2D eigenvalue weighted by Gasteiger charge is 2.20. The van der Waals surface area contributed by atoms with Gasteiger partial charge in [0.25, 0.3) is 0 Å². The molecule has 1 unspecified atom stereocenters. The first-order chi connectivity index (χ1) is 16.0. The summed E-state index contributed by atoms with van der Waals surface area (Å²) in [4.78, 5) is 14.6. The van der Waals surface area contributed by atoms with Crippen molar-refractivity contribution in [2.24, 2.45) is 0 Å². The minimum Gasteiger partial charge on any atom is -0.468 e. The highest BCUT2D eigenvalue weighted by Crippen LogP contribution is 2.28. The maximum absolute atomic E-state index is 13.4. The Kier molecular flexibility index (Phi) is 7.21. The van der Waals surface area contributed by atoms with Gasteiger partial charge in [0.2, 0.25) is 5.91 Å². The van der Waals surface area contributed by atoms with E-state index in [-0.39, 0.29) is 23.5 Å². The summed E-state index contributed by atoms with van der Waals surface area (Å²) in [5, 5.41) is 12.2. The number of halogens is 1. The van der Waals surface area contributed by atoms with Crippen LogP contribution in [0.2, 0.25) is 0 Å². The van der Waals surface area contributed by atoms with Crippen molar-refractivity contribution in [1.29, 1.82) is 0 Å². The Labute approximate surface area is 195 Å². The number of aromatic nitrogens is 3. The molecule has 0 saturated carbocycles. The number of nitrogens with zero attached hydrogens (tertiary/aromatic N) is 4. The molecule has 0 aliphatic carbocycles. The van der Waals surface area contributed by atoms with E-state index in [4.69, 9.17) is 4.42 Å². The van der Waals surface area contributed by atoms with E-state index in [2.05, 4.69) is 15.5 Å². The molecule has 1 N–H and O–H groups in total. The molecular formula is C24H24FN5O2S. The summed E-state index contributed by atoms with van der Waals surface area (Å²) in [7, 11) is 3.88. The van der Waals surface area contributed by atoms with Gasteiger partial charge in [0, 0.05) is 17.8 Å². The highest BCUT2D eigenvalue weighted by atomic mass is 32.2. The normalized spacial score (nSPS) is 12.1. The smallest absolute Gasteiger partial charge is 0.230 e. The van der Waals surface area contributed by atoms with E-state index in [0.29, 0.717) is 17.5 Å². The lowest BCUT2D eigenvalue weighted by Crippen LogP contribution is -2.35. The molecule has 1 amide bonds. The van der Waals surface area contributed by atoms with Crippen molar-refractivity contribution >= 4 is 17.7 Å². The van der Waals surface area contributed by atoms with E-state index in [1.54, 1.807) is 18.4 Å². The number of hydrogen-bond donors (Lipinski definition) is 1. The second kappa shape index (κ2) is 10.5. The maximum atomic E-state index is 13.4. The van der Waals surface area contributed by atoms with E-state index in [9.17, 15) is 9.18 Å². The van der Waals surface area contributed by atoms with E-state index in [0.717, 1.165) is 17.0 Å². The number of rotatable bonds is 9. The van der Waals surface area contributed by atoms with Crippen LogP contribution in [-0.2, 0) is 4.79 Å². The number of para-hydroxylation sites is 1. The van der Waals surface area contributed by atoms with Crippen molar-refractivity contribution < 1.29 is 13.6 Å². The van der Waals surface area contributed by atoms with Gasteiger partial charge in [0.05, 0.1) is 18.1 Å². The number of carbonyl (C=O) groups is 1. The number of carbonyl (C=O) groups excluding carboxylic acids is 1. The molecule has 1 atom stereocenters. The number of amides is 1. The molecule has 7 nitrogen and oxygen atoms in total. The Morgan fingerprint density at radius 3 is 2.52 bits per heavy atom. The zero-order valence-electron chi connectivity index (χ0n) is 18.3. The molecule has 33 heavy (non-hydrogen) atoms. The number of nitrogens with one attached hydrogen (secondary N) is 1. The average Bonchev–Trinajstić information content (AvgIpc) is 3.49. The van der Waals surface area contributed by atoms with Crippen LogP contribution in [0.4, 0.5) is 4.39 Å². The molecular weight excluding hydrogens is 441 g/mol. The second-order valence-corrected chi connectivity index (χ2v) is 8.51. The molecule has 2 aromatic carbocycles. The van der Waals surface area contributed by atoms with Gasteiger partial charge in [-0.05, 0) is 62.6 Å². The van der Waals surface area contributed by atoms with Gasteiger partial charge >= 0.3 is 0 Å². The summed E-state index contributed by atoms with van der Waals surface area (Å²) in [5.74, 6) is 1.10. The summed E-state index contributed by atoms with van der Waals surface area (Å²) >= 11 is 1.29. The minimum atomic E-state index is -0.318. The molecule has 0 radical (unpaired) electrons. The summed E-state index contributed by atoms with van der Waals surface area (Å²) in [6, 6.07) is 19.4. The average molecular weight is 466 g/mol. The summed E-state index contributed by atoms with van der Waals surface area (Å²) in [6.07, 6.45) is 1.62. The lowest BCUT2D eigenvalue weighted by atomic mass is 10.2. The quantitative estimate of drug-likeness (QED) is 0.374. The lowest BCUT2D eigenvalue weighted by molar-refractivity contribution is -0.118. The second-order valence-electron chi connectivity index (χ2n) is 7.57. The van der Waals surface area contributed by atoms with Crippen LogP contribution in [0.3, 0.4) is 0 Å². The molecule has 170 valence electrons. The van der Waals surface area contributed by atoms with Crippen molar-refractivity contribution in [2.45, 2.75) is 11.2 Å². The molecule has 0 bridgehead atoms. The van der Waals surface area contributed by atoms with Crippen LogP contribution in [0.5, 0.6) is 0 Å². The molecule has 4 aromatic rings. The number of thioether (sulfide) groups is 1. The van der Waals surface area contributed by atoms with Gasteiger partial charge in [-0.25, -0.2) is 4.39 Å². The third-order valence-electron chi connectivity index (χ3n) is 5.07. The summed E-state index contributed by atoms with van der Waals surface area (Å²) in [5.41, 5.74) is 1.59. The van der Waals surface area contributed by atoms with Gasteiger partial charge in [-0.15, -0.1) is 10.2 Å². The predicted octanol–water partition coefficient (Wildman–Crippen LogP) is 4.18. The lowest BCUT2D eigenvalue weighted by Gasteiger charge is -2.22. The Morgan fingerprint density at radius 1 is 1.09 bits per heavy atom. The molecule has 9 heteroatoms. The molecule has 0 fully saturated rings. The number of furan rings is 1. The zero-order chi connectivity index (χ0) is 23.2. The molecule has 0 aliphatic rings. The van der Waals surface area contributed by atoms with E-state index in [1.807, 2.05) is 66.0 Å². The molecule has 0 saturated heterocycles. The van der Waals surface area contributed by atoms with Gasteiger partial charge in [0.1, 0.15) is 11.6 Å². The van der Waals surface area contributed by atoms with E-state index < -0.39 is 0 Å². The fourth-order valence-corrected chi connectivity index (χ4v) is 4.15. The monoisotopic (exact) mass is 465 g/mol. The maximum Gasteiger partial charge on any atom is 0.230 e. The number of hydrogen-bond acceptors (Lipinski definition) is 6. The van der Waals surface area contributed by atoms with Crippen molar-refractivity contribution in [1.82, 2.24) is 25.0 Å². The number of likely N-dealkylation sites (N-methyl/N-ethyl adjacent to an activating group) is 1. The van der Waals surface area contributed by atoms with Crippen LogP contribution in [0.15, 0.2) is 82.6 Å². The van der Waals surface area contributed by atoms with Crippen molar-refractivity contribution in [3.8, 4) is 17.1 Å². The van der Waals surface area contributed by atoms with Crippen LogP contribution in [0.25, 0.3) is 17.1 Å². The molecule has 2 aromatic heterocycles. The minimum absolute atomic E-state index is 0.0630. The summed E-state index contributed by atoms with van der Waals surface area (Å²) in [6.45, 7) is 0.423. The fraction of sp³-hybridized carbons (Fsp3) is 0.208. The zero-order valence-corrected chi connectivity index (χ0v) is 19.1. The molecule has 0 aliphatic heterocycles. The first kappa shape index (κ1) is 22.8. The van der Waals surface area contributed by atoms with Crippen molar-refractivity contribution in [3.05, 3.63) is 84.6 Å². The molecule has 2 heterocycles. The first-order valence-corrected chi connectivity index (χ1v) is 11.4. The van der Waals surface area contributed by atoms with Gasteiger partial charge in [-0.3, -0.25) is 14.3 Å². The third-order valence-corrected chi connectivity index (χ3v) is 6.00. The van der Waals surface area contributed by atoms with E-state index >= 15 is 0 Å².